The summed E-state index contributed by atoms with van der Waals surface area (Å²) in [7, 11) is 0. The average Bonchev–Trinajstić information content (AvgIpc) is 2.62. The first-order chi connectivity index (χ1) is 7.13. The highest BCUT2D eigenvalue weighted by molar-refractivity contribution is 9.10. The molecule has 1 heterocycles. The number of hydrogen-bond acceptors (Lipinski definition) is 3. The summed E-state index contributed by atoms with van der Waals surface area (Å²) >= 11 is 3.19. The zero-order valence-corrected chi connectivity index (χ0v) is 9.76. The largest absolute Gasteiger partial charge is 0.451 e. The van der Waals surface area contributed by atoms with Gasteiger partial charge in [-0.2, -0.15) is 0 Å². The van der Waals surface area contributed by atoms with Crippen LogP contribution in [0, 0.1) is 0 Å². The smallest absolute Gasteiger partial charge is 0.355 e. The lowest BCUT2D eigenvalue weighted by atomic mass is 10.4. The summed E-state index contributed by atoms with van der Waals surface area (Å²) in [4.78, 5) is 25.0. The molecule has 0 bridgehead atoms. The molecule has 0 unspecified atom stereocenters. The number of carbonyl (C=O) groups is 2. The lowest BCUT2D eigenvalue weighted by Crippen LogP contribution is -2.28. The average molecular weight is 275 g/mol. The molecular formula is C9H11BrN2O3. The van der Waals surface area contributed by atoms with Crippen molar-refractivity contribution < 1.29 is 14.3 Å². The zero-order chi connectivity index (χ0) is 11.3. The Morgan fingerprint density at radius 2 is 2.33 bits per heavy atom. The van der Waals surface area contributed by atoms with Crippen molar-refractivity contribution in [2.24, 2.45) is 0 Å². The van der Waals surface area contributed by atoms with Gasteiger partial charge in [-0.25, -0.2) is 4.79 Å². The molecule has 0 spiro atoms. The van der Waals surface area contributed by atoms with Crippen molar-refractivity contribution in [3.8, 4) is 0 Å². The molecule has 15 heavy (non-hydrogen) atoms. The molecule has 5 nitrogen and oxygen atoms in total. The third-order valence-corrected chi connectivity index (χ3v) is 2.03. The van der Waals surface area contributed by atoms with Gasteiger partial charge in [-0.15, -0.1) is 0 Å². The van der Waals surface area contributed by atoms with Crippen LogP contribution in [0.3, 0.4) is 0 Å². The van der Waals surface area contributed by atoms with E-state index in [9.17, 15) is 9.59 Å². The van der Waals surface area contributed by atoms with Gasteiger partial charge >= 0.3 is 5.97 Å². The Bertz CT molecular complexity index is 362. The number of hydrogen-bond donors (Lipinski definition) is 2. The van der Waals surface area contributed by atoms with E-state index < -0.39 is 5.97 Å². The standard InChI is InChI=1S/C9H11BrN2O3/c1-2-11-8(13)5-15-9(14)7-3-6(10)4-12-7/h3-4,12H,2,5H2,1H3,(H,11,13). The summed E-state index contributed by atoms with van der Waals surface area (Å²) < 4.78 is 5.51. The van der Waals surface area contributed by atoms with Crippen LogP contribution in [0.15, 0.2) is 16.7 Å². The first kappa shape index (κ1) is 11.8. The Morgan fingerprint density at radius 1 is 1.60 bits per heavy atom. The Labute approximate surface area is 95.3 Å². The molecule has 0 aliphatic heterocycles. The second-order valence-electron chi connectivity index (χ2n) is 2.76. The zero-order valence-electron chi connectivity index (χ0n) is 8.17. The molecule has 0 atom stereocenters. The summed E-state index contributed by atoms with van der Waals surface area (Å²) in [6, 6.07) is 1.58. The monoisotopic (exact) mass is 274 g/mol. The van der Waals surface area contributed by atoms with Crippen molar-refractivity contribution in [2.45, 2.75) is 6.92 Å². The third kappa shape index (κ3) is 3.75. The number of halogens is 1. The Morgan fingerprint density at radius 3 is 2.87 bits per heavy atom. The topological polar surface area (TPSA) is 71.2 Å². The first-order valence-corrected chi connectivity index (χ1v) is 5.20. The van der Waals surface area contributed by atoms with E-state index in [0.29, 0.717) is 12.2 Å². The van der Waals surface area contributed by atoms with Crippen molar-refractivity contribution >= 4 is 27.8 Å². The van der Waals surface area contributed by atoms with E-state index in [-0.39, 0.29) is 12.5 Å². The summed E-state index contributed by atoms with van der Waals surface area (Å²) in [6.07, 6.45) is 1.61. The molecule has 1 aromatic heterocycles. The van der Waals surface area contributed by atoms with Gasteiger partial charge in [0.2, 0.25) is 0 Å². The molecule has 0 aliphatic rings. The quantitative estimate of drug-likeness (QED) is 0.807. The van der Waals surface area contributed by atoms with Crippen LogP contribution in [0.5, 0.6) is 0 Å². The maximum Gasteiger partial charge on any atom is 0.355 e. The molecule has 0 radical (unpaired) electrons. The number of nitrogens with one attached hydrogen (secondary N) is 2. The minimum Gasteiger partial charge on any atom is -0.451 e. The van der Waals surface area contributed by atoms with Gasteiger partial charge in [-0.05, 0) is 28.9 Å². The Hall–Kier alpha value is -1.30. The van der Waals surface area contributed by atoms with Crippen molar-refractivity contribution in [3.05, 3.63) is 22.4 Å². The predicted molar refractivity (Wildman–Crippen MR) is 57.5 cm³/mol. The second kappa shape index (κ2) is 5.55. The van der Waals surface area contributed by atoms with Crippen molar-refractivity contribution in [3.63, 3.8) is 0 Å². The number of amides is 1. The second-order valence-corrected chi connectivity index (χ2v) is 3.68. The van der Waals surface area contributed by atoms with Crippen LogP contribution in [-0.4, -0.2) is 30.0 Å². The van der Waals surface area contributed by atoms with Gasteiger partial charge in [0.1, 0.15) is 5.69 Å². The summed E-state index contributed by atoms with van der Waals surface area (Å²) in [5.74, 6) is -0.858. The fourth-order valence-electron chi connectivity index (χ4n) is 0.943. The maximum atomic E-state index is 11.3. The number of aromatic amines is 1. The SMILES string of the molecule is CCNC(=O)COC(=O)c1cc(Br)c[nH]1. The predicted octanol–water partition coefficient (Wildman–Crippen LogP) is 1.07. The van der Waals surface area contributed by atoms with Gasteiger partial charge in [0.05, 0.1) is 0 Å². The molecular weight excluding hydrogens is 264 g/mol. The summed E-state index contributed by atoms with van der Waals surface area (Å²) in [5, 5.41) is 2.52. The molecule has 0 aromatic carbocycles. The molecule has 1 amide bonds. The van der Waals surface area contributed by atoms with Crippen LogP contribution in [0.25, 0.3) is 0 Å². The van der Waals surface area contributed by atoms with E-state index in [2.05, 4.69) is 26.2 Å². The van der Waals surface area contributed by atoms with Crippen LogP contribution in [0.1, 0.15) is 17.4 Å². The number of esters is 1. The molecule has 0 fully saturated rings. The highest BCUT2D eigenvalue weighted by Gasteiger charge is 2.11. The molecule has 0 aliphatic carbocycles. The molecule has 82 valence electrons. The number of aromatic nitrogens is 1. The minimum atomic E-state index is -0.549. The lowest BCUT2D eigenvalue weighted by Gasteiger charge is -2.02. The van der Waals surface area contributed by atoms with Gasteiger partial charge in [0, 0.05) is 17.2 Å². The van der Waals surface area contributed by atoms with Crippen LogP contribution in [0.2, 0.25) is 0 Å². The van der Waals surface area contributed by atoms with E-state index in [1.54, 1.807) is 19.2 Å². The van der Waals surface area contributed by atoms with E-state index in [1.165, 1.54) is 0 Å². The third-order valence-electron chi connectivity index (χ3n) is 1.58. The van der Waals surface area contributed by atoms with Crippen LogP contribution in [0.4, 0.5) is 0 Å². The highest BCUT2D eigenvalue weighted by Crippen LogP contribution is 2.11. The van der Waals surface area contributed by atoms with Crippen molar-refractivity contribution in [2.75, 3.05) is 13.2 Å². The number of rotatable bonds is 4. The van der Waals surface area contributed by atoms with Crippen LogP contribution >= 0.6 is 15.9 Å². The van der Waals surface area contributed by atoms with Crippen molar-refractivity contribution in [1.29, 1.82) is 0 Å². The van der Waals surface area contributed by atoms with Crippen LogP contribution in [-0.2, 0) is 9.53 Å². The number of H-pyrrole nitrogens is 1. The van der Waals surface area contributed by atoms with Gasteiger partial charge in [0.15, 0.2) is 6.61 Å². The van der Waals surface area contributed by atoms with E-state index in [4.69, 9.17) is 4.74 Å². The summed E-state index contributed by atoms with van der Waals surface area (Å²) in [6.45, 7) is 2.05. The Kier molecular flexibility index (Phi) is 4.36. The summed E-state index contributed by atoms with van der Waals surface area (Å²) in [5.41, 5.74) is 0.311. The Balaban J connectivity index is 2.40. The minimum absolute atomic E-state index is 0.261. The first-order valence-electron chi connectivity index (χ1n) is 4.41. The van der Waals surface area contributed by atoms with Gasteiger partial charge < -0.3 is 15.0 Å². The van der Waals surface area contributed by atoms with E-state index in [0.717, 1.165) is 4.47 Å². The van der Waals surface area contributed by atoms with Crippen LogP contribution < -0.4 is 5.32 Å². The van der Waals surface area contributed by atoms with Crippen molar-refractivity contribution in [1.82, 2.24) is 10.3 Å². The number of carbonyl (C=O) groups excluding carboxylic acids is 2. The molecule has 1 aromatic rings. The van der Waals surface area contributed by atoms with Gasteiger partial charge in [0.25, 0.3) is 5.91 Å². The van der Waals surface area contributed by atoms with Gasteiger partial charge in [-0.1, -0.05) is 0 Å². The molecule has 0 saturated heterocycles. The van der Waals surface area contributed by atoms with E-state index in [1.807, 2.05) is 0 Å². The molecule has 6 heteroatoms. The fraction of sp³-hybridized carbons (Fsp3) is 0.333. The lowest BCUT2D eigenvalue weighted by molar-refractivity contribution is -0.124. The normalized spacial score (nSPS) is 9.73. The maximum absolute atomic E-state index is 11.3. The number of ether oxygens (including phenoxy) is 1. The molecule has 1 rings (SSSR count). The number of likely N-dealkylation sites (N-methyl/N-ethyl adjacent to an activating group) is 1. The van der Waals surface area contributed by atoms with Gasteiger partial charge in [-0.3, -0.25) is 4.79 Å². The van der Waals surface area contributed by atoms with E-state index >= 15 is 0 Å². The molecule has 2 N–H and O–H groups in total. The molecule has 0 saturated carbocycles. The fourth-order valence-corrected chi connectivity index (χ4v) is 1.29. The highest BCUT2D eigenvalue weighted by atomic mass is 79.9.